The summed E-state index contributed by atoms with van der Waals surface area (Å²) in [6.45, 7) is 6.87. The van der Waals surface area contributed by atoms with Gasteiger partial charge in [0.2, 0.25) is 0 Å². The minimum Gasteiger partial charge on any atom is -0.394 e. The summed E-state index contributed by atoms with van der Waals surface area (Å²) in [5.74, 6) is 0.909. The van der Waals surface area contributed by atoms with E-state index in [1.54, 1.807) is 0 Å². The Bertz CT molecular complexity index is 183. The summed E-state index contributed by atoms with van der Waals surface area (Å²) in [7, 11) is 0. The van der Waals surface area contributed by atoms with Gasteiger partial charge in [-0.25, -0.2) is 0 Å². The van der Waals surface area contributed by atoms with Gasteiger partial charge in [0.1, 0.15) is 0 Å². The maximum absolute atomic E-state index is 9.44. The van der Waals surface area contributed by atoms with Crippen LogP contribution < -0.4 is 5.32 Å². The minimum absolute atomic E-state index is 0.0535. The lowest BCUT2D eigenvalue weighted by Gasteiger charge is -2.32. The third-order valence-electron chi connectivity index (χ3n) is 3.82. The van der Waals surface area contributed by atoms with Gasteiger partial charge in [0.25, 0.3) is 0 Å². The van der Waals surface area contributed by atoms with Crippen molar-refractivity contribution in [1.29, 1.82) is 0 Å². The lowest BCUT2D eigenvalue weighted by atomic mass is 9.95. The highest BCUT2D eigenvalue weighted by atomic mass is 16.3. The predicted molar refractivity (Wildman–Crippen MR) is 65.0 cm³/mol. The molecule has 0 aromatic carbocycles. The van der Waals surface area contributed by atoms with Gasteiger partial charge in [-0.05, 0) is 38.5 Å². The van der Waals surface area contributed by atoms with Gasteiger partial charge in [-0.3, -0.25) is 0 Å². The van der Waals surface area contributed by atoms with Crippen LogP contribution in [0.1, 0.15) is 59.3 Å². The molecule has 3 unspecified atom stereocenters. The summed E-state index contributed by atoms with van der Waals surface area (Å²) < 4.78 is 0. The molecule has 3 atom stereocenters. The molecular formula is C13H27NO. The van der Waals surface area contributed by atoms with Gasteiger partial charge in [-0.15, -0.1) is 0 Å². The van der Waals surface area contributed by atoms with Crippen molar-refractivity contribution in [3.05, 3.63) is 0 Å². The summed E-state index contributed by atoms with van der Waals surface area (Å²) in [5.41, 5.74) is -0.0535. The van der Waals surface area contributed by atoms with Gasteiger partial charge in [-0.2, -0.15) is 0 Å². The summed E-state index contributed by atoms with van der Waals surface area (Å²) in [6, 6.07) is 0.638. The van der Waals surface area contributed by atoms with E-state index in [9.17, 15) is 5.11 Å². The standard InChI is InChI=1S/C13H27NO/c1-4-8-13(3,10-15)14-12-7-6-11(5-2)9-12/h11-12,14-15H,4-10H2,1-3H3. The highest BCUT2D eigenvalue weighted by Gasteiger charge is 2.30. The van der Waals surface area contributed by atoms with E-state index in [0.717, 1.165) is 18.8 Å². The Kier molecular flexibility index (Phi) is 5.07. The van der Waals surface area contributed by atoms with Crippen LogP contribution in [0.15, 0.2) is 0 Å². The van der Waals surface area contributed by atoms with E-state index in [1.165, 1.54) is 25.7 Å². The molecule has 1 rings (SSSR count). The Balaban J connectivity index is 2.39. The van der Waals surface area contributed by atoms with Crippen molar-refractivity contribution in [3.63, 3.8) is 0 Å². The fourth-order valence-electron chi connectivity index (χ4n) is 2.82. The largest absolute Gasteiger partial charge is 0.394 e. The molecule has 0 aromatic rings. The molecule has 0 bridgehead atoms. The first kappa shape index (κ1) is 13.0. The van der Waals surface area contributed by atoms with Gasteiger partial charge in [0.15, 0.2) is 0 Å². The van der Waals surface area contributed by atoms with Crippen LogP contribution in [0.2, 0.25) is 0 Å². The molecule has 1 aliphatic carbocycles. The molecule has 0 aliphatic heterocycles. The predicted octanol–water partition coefficient (Wildman–Crippen LogP) is 2.71. The molecule has 15 heavy (non-hydrogen) atoms. The smallest absolute Gasteiger partial charge is 0.0610 e. The maximum Gasteiger partial charge on any atom is 0.0610 e. The quantitative estimate of drug-likeness (QED) is 0.711. The molecule has 2 nitrogen and oxygen atoms in total. The monoisotopic (exact) mass is 213 g/mol. The lowest BCUT2D eigenvalue weighted by molar-refractivity contribution is 0.151. The molecule has 90 valence electrons. The Hall–Kier alpha value is -0.0800. The lowest BCUT2D eigenvalue weighted by Crippen LogP contribution is -2.50. The van der Waals surface area contributed by atoms with Crippen molar-refractivity contribution in [2.24, 2.45) is 5.92 Å². The molecule has 0 amide bonds. The van der Waals surface area contributed by atoms with Crippen LogP contribution in [-0.4, -0.2) is 23.3 Å². The van der Waals surface area contributed by atoms with Crippen molar-refractivity contribution in [2.75, 3.05) is 6.61 Å². The summed E-state index contributed by atoms with van der Waals surface area (Å²) in [5, 5.41) is 13.1. The van der Waals surface area contributed by atoms with Crippen LogP contribution >= 0.6 is 0 Å². The molecule has 0 radical (unpaired) electrons. The van der Waals surface area contributed by atoms with E-state index in [2.05, 4.69) is 26.1 Å². The topological polar surface area (TPSA) is 32.3 Å². The minimum atomic E-state index is -0.0535. The van der Waals surface area contributed by atoms with E-state index in [1.807, 2.05) is 0 Å². The van der Waals surface area contributed by atoms with E-state index in [4.69, 9.17) is 0 Å². The second kappa shape index (κ2) is 5.86. The van der Waals surface area contributed by atoms with Gasteiger partial charge >= 0.3 is 0 Å². The second-order valence-electron chi connectivity index (χ2n) is 5.40. The zero-order valence-corrected chi connectivity index (χ0v) is 10.6. The number of hydrogen-bond donors (Lipinski definition) is 2. The summed E-state index contributed by atoms with van der Waals surface area (Å²) in [4.78, 5) is 0. The molecule has 0 heterocycles. The Morgan fingerprint density at radius 2 is 2.07 bits per heavy atom. The number of rotatable bonds is 6. The molecular weight excluding hydrogens is 186 g/mol. The second-order valence-corrected chi connectivity index (χ2v) is 5.40. The number of aliphatic hydroxyl groups is 1. The first-order valence-electron chi connectivity index (χ1n) is 6.52. The van der Waals surface area contributed by atoms with E-state index in [-0.39, 0.29) is 12.1 Å². The van der Waals surface area contributed by atoms with Crippen molar-refractivity contribution in [3.8, 4) is 0 Å². The van der Waals surface area contributed by atoms with Crippen LogP contribution in [-0.2, 0) is 0 Å². The molecule has 1 saturated carbocycles. The fourth-order valence-corrected chi connectivity index (χ4v) is 2.82. The van der Waals surface area contributed by atoms with Crippen molar-refractivity contribution >= 4 is 0 Å². The van der Waals surface area contributed by atoms with Gasteiger partial charge in [-0.1, -0.05) is 26.7 Å². The number of aliphatic hydroxyl groups excluding tert-OH is 1. The highest BCUT2D eigenvalue weighted by molar-refractivity contribution is 4.89. The first-order chi connectivity index (χ1) is 7.13. The summed E-state index contributed by atoms with van der Waals surface area (Å²) in [6.07, 6.45) is 7.46. The average Bonchev–Trinajstić information content (AvgIpc) is 2.66. The number of nitrogens with one attached hydrogen (secondary N) is 1. The fraction of sp³-hybridized carbons (Fsp3) is 1.00. The molecule has 0 spiro atoms. The zero-order valence-electron chi connectivity index (χ0n) is 10.6. The van der Waals surface area contributed by atoms with E-state index >= 15 is 0 Å². The van der Waals surface area contributed by atoms with Crippen LogP contribution in [0.4, 0.5) is 0 Å². The van der Waals surface area contributed by atoms with Gasteiger partial charge in [0, 0.05) is 11.6 Å². The molecule has 1 fully saturated rings. The highest BCUT2D eigenvalue weighted by Crippen LogP contribution is 2.29. The molecule has 0 aromatic heterocycles. The molecule has 2 N–H and O–H groups in total. The molecule has 0 saturated heterocycles. The zero-order chi connectivity index (χ0) is 11.3. The van der Waals surface area contributed by atoms with Crippen molar-refractivity contribution in [1.82, 2.24) is 5.32 Å². The van der Waals surface area contributed by atoms with Gasteiger partial charge in [0.05, 0.1) is 6.61 Å². The third-order valence-corrected chi connectivity index (χ3v) is 3.82. The maximum atomic E-state index is 9.44. The van der Waals surface area contributed by atoms with Crippen molar-refractivity contribution < 1.29 is 5.11 Å². The Morgan fingerprint density at radius 3 is 2.53 bits per heavy atom. The van der Waals surface area contributed by atoms with Crippen LogP contribution in [0.3, 0.4) is 0 Å². The van der Waals surface area contributed by atoms with E-state index in [0.29, 0.717) is 6.04 Å². The average molecular weight is 213 g/mol. The Labute approximate surface area is 94.5 Å². The third kappa shape index (κ3) is 3.76. The van der Waals surface area contributed by atoms with Crippen LogP contribution in [0.25, 0.3) is 0 Å². The Morgan fingerprint density at radius 1 is 1.33 bits per heavy atom. The number of hydrogen-bond acceptors (Lipinski definition) is 2. The van der Waals surface area contributed by atoms with Crippen LogP contribution in [0.5, 0.6) is 0 Å². The van der Waals surface area contributed by atoms with Crippen LogP contribution in [0, 0.1) is 5.92 Å². The van der Waals surface area contributed by atoms with Crippen molar-refractivity contribution in [2.45, 2.75) is 70.9 Å². The van der Waals surface area contributed by atoms with E-state index < -0.39 is 0 Å². The normalized spacial score (nSPS) is 30.4. The molecule has 1 aliphatic rings. The first-order valence-corrected chi connectivity index (χ1v) is 6.52. The van der Waals surface area contributed by atoms with Gasteiger partial charge < -0.3 is 10.4 Å². The SMILES string of the molecule is CCCC(C)(CO)NC1CCC(CC)C1. The summed E-state index contributed by atoms with van der Waals surface area (Å²) >= 11 is 0. The molecule has 2 heteroatoms.